The van der Waals surface area contributed by atoms with Crippen LogP contribution in [0.15, 0.2) is 12.7 Å². The molecule has 4 aliphatic rings. The van der Waals surface area contributed by atoms with Crippen LogP contribution in [0.25, 0.3) is 0 Å². The van der Waals surface area contributed by atoms with Crippen LogP contribution in [0, 0.1) is 17.3 Å². The third kappa shape index (κ3) is 9.49. The summed E-state index contributed by atoms with van der Waals surface area (Å²) in [6.07, 6.45) is 13.6. The highest BCUT2D eigenvalue weighted by Gasteiger charge is 2.67. The van der Waals surface area contributed by atoms with Crippen molar-refractivity contribution in [2.45, 2.75) is 159 Å². The number of carbonyl (C=O) groups excluding carboxylic acids is 4. The van der Waals surface area contributed by atoms with Crippen molar-refractivity contribution in [3.8, 4) is 0 Å². The first kappa shape index (κ1) is 40.3. The van der Waals surface area contributed by atoms with Crippen LogP contribution in [-0.4, -0.2) is 90.7 Å². The van der Waals surface area contributed by atoms with Crippen LogP contribution in [0.3, 0.4) is 0 Å². The molecular formula is C38H65N5O6S. The number of piperidine rings is 1. The number of urea groups is 1. The van der Waals surface area contributed by atoms with Gasteiger partial charge >= 0.3 is 6.03 Å². The van der Waals surface area contributed by atoms with Crippen molar-refractivity contribution >= 4 is 33.5 Å². The molecule has 12 heteroatoms. The Balaban J connectivity index is 1.54. The first-order valence-electron chi connectivity index (χ1n) is 19.4. The molecule has 4 amide bonds. The fourth-order valence-electron chi connectivity index (χ4n) is 8.72. The number of ketones is 1. The monoisotopic (exact) mass is 719 g/mol. The van der Waals surface area contributed by atoms with Crippen molar-refractivity contribution in [1.82, 2.24) is 26.2 Å². The molecule has 50 heavy (non-hydrogen) atoms. The Morgan fingerprint density at radius 2 is 1.58 bits per heavy atom. The number of amides is 4. The van der Waals surface area contributed by atoms with Gasteiger partial charge in [0.25, 0.3) is 5.91 Å². The zero-order valence-corrected chi connectivity index (χ0v) is 32.2. The van der Waals surface area contributed by atoms with Gasteiger partial charge < -0.3 is 26.2 Å². The Labute approximate surface area is 301 Å². The highest BCUT2D eigenvalue weighted by Crippen LogP contribution is 2.64. The minimum Gasteiger partial charge on any atom is -0.346 e. The maximum Gasteiger partial charge on any atom is 0.315 e. The number of nitrogens with one attached hydrogen (secondary N) is 4. The van der Waals surface area contributed by atoms with Crippen LogP contribution in [-0.2, 0) is 24.2 Å². The Hall–Kier alpha value is -2.47. The van der Waals surface area contributed by atoms with E-state index in [1.54, 1.807) is 19.9 Å². The third-order valence-electron chi connectivity index (χ3n) is 12.6. The molecule has 2 aliphatic heterocycles. The van der Waals surface area contributed by atoms with Crippen molar-refractivity contribution in [3.05, 3.63) is 12.7 Å². The lowest BCUT2D eigenvalue weighted by Gasteiger charge is -2.40. The lowest BCUT2D eigenvalue weighted by atomic mass is 9.83. The molecule has 0 unspecified atom stereocenters. The molecule has 4 N–H and O–H groups in total. The molecule has 0 aromatic carbocycles. The van der Waals surface area contributed by atoms with E-state index >= 15 is 0 Å². The maximum atomic E-state index is 14.5. The molecule has 4 rings (SSSR count). The average Bonchev–Trinajstić information content (AvgIpc) is 3.37. The number of fused-ring (bicyclic) bond motifs is 3. The van der Waals surface area contributed by atoms with Crippen LogP contribution in [0.1, 0.15) is 131 Å². The van der Waals surface area contributed by atoms with Gasteiger partial charge in [-0.15, -0.1) is 6.58 Å². The molecule has 4 fully saturated rings. The van der Waals surface area contributed by atoms with E-state index in [-0.39, 0.29) is 35.6 Å². The number of hydrogen-bond acceptors (Lipinski definition) is 7. The van der Waals surface area contributed by atoms with Crippen LogP contribution in [0.2, 0.25) is 0 Å². The highest BCUT2D eigenvalue weighted by atomic mass is 32.2. The summed E-state index contributed by atoms with van der Waals surface area (Å²) in [5.74, 6) is -0.805. The van der Waals surface area contributed by atoms with Crippen molar-refractivity contribution in [2.75, 3.05) is 25.4 Å². The van der Waals surface area contributed by atoms with Gasteiger partial charge in [0.2, 0.25) is 11.7 Å². The summed E-state index contributed by atoms with van der Waals surface area (Å²) in [7, 11) is -3.52. The van der Waals surface area contributed by atoms with Crippen LogP contribution in [0.4, 0.5) is 4.79 Å². The lowest BCUT2D eigenvalue weighted by Crippen LogP contribution is -2.61. The van der Waals surface area contributed by atoms with E-state index in [0.29, 0.717) is 51.1 Å². The normalized spacial score (nSPS) is 29.2. The number of carbonyl (C=O) groups is 4. The Bertz CT molecular complexity index is 1340. The van der Waals surface area contributed by atoms with E-state index in [0.717, 1.165) is 64.2 Å². The molecule has 2 saturated heterocycles. The predicted molar refractivity (Wildman–Crippen MR) is 197 cm³/mol. The molecule has 11 nitrogen and oxygen atoms in total. The summed E-state index contributed by atoms with van der Waals surface area (Å²) in [6, 6.07) is -2.07. The van der Waals surface area contributed by atoms with Crippen molar-refractivity contribution in [1.29, 1.82) is 0 Å². The zero-order chi connectivity index (χ0) is 36.7. The molecule has 0 spiro atoms. The van der Waals surface area contributed by atoms with Crippen molar-refractivity contribution < 1.29 is 27.6 Å². The summed E-state index contributed by atoms with van der Waals surface area (Å²) in [5, 5.41) is 12.2. The molecule has 2 saturated carbocycles. The molecule has 0 radical (unpaired) electrons. The fraction of sp³-hybridized carbons (Fsp3) is 0.842. The molecule has 284 valence electrons. The van der Waals surface area contributed by atoms with E-state index in [9.17, 15) is 27.6 Å². The summed E-state index contributed by atoms with van der Waals surface area (Å²) < 4.78 is 26.2. The van der Waals surface area contributed by atoms with Gasteiger partial charge in [0, 0.05) is 25.7 Å². The molecule has 0 bridgehead atoms. The first-order valence-corrected chi connectivity index (χ1v) is 21.0. The molecule has 0 aromatic rings. The van der Waals surface area contributed by atoms with E-state index in [2.05, 4.69) is 41.7 Å². The van der Waals surface area contributed by atoms with E-state index in [4.69, 9.17) is 0 Å². The largest absolute Gasteiger partial charge is 0.346 e. The number of hydrogen-bond donors (Lipinski definition) is 4. The third-order valence-corrected chi connectivity index (χ3v) is 15.5. The topological polar surface area (TPSA) is 154 Å². The van der Waals surface area contributed by atoms with Gasteiger partial charge in [0.15, 0.2) is 9.84 Å². The minimum atomic E-state index is -3.52. The number of rotatable bonds is 10. The van der Waals surface area contributed by atoms with Gasteiger partial charge in [-0.1, -0.05) is 91.1 Å². The van der Waals surface area contributed by atoms with E-state index < -0.39 is 49.9 Å². The van der Waals surface area contributed by atoms with Crippen LogP contribution >= 0.6 is 0 Å². The minimum absolute atomic E-state index is 0.0518. The molecule has 0 aromatic heterocycles. The van der Waals surface area contributed by atoms with Gasteiger partial charge in [-0.05, 0) is 63.2 Å². The summed E-state index contributed by atoms with van der Waals surface area (Å²) in [4.78, 5) is 56.1. The summed E-state index contributed by atoms with van der Waals surface area (Å²) in [6.45, 7) is 14.6. The van der Waals surface area contributed by atoms with E-state index in [1.807, 2.05) is 11.8 Å². The molecule has 2 aliphatic carbocycles. The Morgan fingerprint density at radius 1 is 0.980 bits per heavy atom. The van der Waals surface area contributed by atoms with E-state index in [1.165, 1.54) is 0 Å². The second-order valence-corrected chi connectivity index (χ2v) is 19.4. The van der Waals surface area contributed by atoms with Gasteiger partial charge in [-0.2, -0.15) is 0 Å². The second kappa shape index (κ2) is 16.9. The first-order chi connectivity index (χ1) is 23.6. The number of nitrogens with zero attached hydrogens (tertiary/aromatic N) is 1. The molecule has 2 heterocycles. The lowest BCUT2D eigenvalue weighted by molar-refractivity contribution is -0.139. The molecule has 5 atom stereocenters. The second-order valence-electron chi connectivity index (χ2n) is 16.8. The number of sulfone groups is 1. The average molecular weight is 720 g/mol. The number of Topliss-reactive ketones (excluding diaryl/α,β-unsaturated/α-hetero) is 1. The van der Waals surface area contributed by atoms with Gasteiger partial charge in [-0.25, -0.2) is 13.2 Å². The SMILES string of the molecule is C=CCNC(=O)C(=O)[C@@H]1CCCCCCCCC[C@H](NC(=O)NC2(CS(=O)(=O)C(C)(C)CC)CCCCC2)C(=O)N2C[C@H]3[C@@H]([C@H]2CN1)C3(C)C. The summed E-state index contributed by atoms with van der Waals surface area (Å²) in [5.41, 5.74) is -0.823. The quantitative estimate of drug-likeness (QED) is 0.187. The Kier molecular flexibility index (Phi) is 13.6. The smallest absolute Gasteiger partial charge is 0.315 e. The highest BCUT2D eigenvalue weighted by molar-refractivity contribution is 7.92. The Morgan fingerprint density at radius 3 is 2.20 bits per heavy atom. The van der Waals surface area contributed by atoms with Crippen molar-refractivity contribution in [2.24, 2.45) is 17.3 Å². The van der Waals surface area contributed by atoms with Gasteiger partial charge in [0.1, 0.15) is 6.04 Å². The van der Waals surface area contributed by atoms with Crippen molar-refractivity contribution in [3.63, 3.8) is 0 Å². The maximum absolute atomic E-state index is 14.5. The molecular weight excluding hydrogens is 655 g/mol. The fourth-order valence-corrected chi connectivity index (χ4v) is 10.6. The predicted octanol–water partition coefficient (Wildman–Crippen LogP) is 4.80. The van der Waals surface area contributed by atoms with Gasteiger partial charge in [0.05, 0.1) is 22.1 Å². The van der Waals surface area contributed by atoms with Gasteiger partial charge in [-0.3, -0.25) is 14.4 Å². The van der Waals surface area contributed by atoms with Crippen LogP contribution in [0.5, 0.6) is 0 Å². The standard InChI is InChI=1S/C38H65N5O6S/c1-7-23-39-33(45)32(44)28-19-15-12-10-9-11-13-16-20-29(34(46)43-25-27-31(37(27,5)6)30(43)24-40-28)41-35(47)42-38(21-17-14-18-22-38)26-50(48,49)36(3,4)8-2/h7,27-31,40H,1,8-26H2,2-6H3,(H,39,45)(H2,41,42,47)/t27-,28-,29-,30+,31-/m0/s1. The summed E-state index contributed by atoms with van der Waals surface area (Å²) >= 11 is 0. The van der Waals surface area contributed by atoms with Crippen LogP contribution < -0.4 is 21.3 Å². The zero-order valence-electron chi connectivity index (χ0n) is 31.4.